The van der Waals surface area contributed by atoms with Crippen molar-refractivity contribution in [3.05, 3.63) is 152 Å². The summed E-state index contributed by atoms with van der Waals surface area (Å²) in [5.74, 6) is 0. The summed E-state index contributed by atoms with van der Waals surface area (Å²) in [6, 6.07) is 52.3. The molecule has 3 nitrogen and oxygen atoms in total. The number of nitrogens with zero attached hydrogens (tertiary/aromatic N) is 3. The van der Waals surface area contributed by atoms with Crippen LogP contribution >= 0.6 is 11.3 Å². The summed E-state index contributed by atoms with van der Waals surface area (Å²) in [4.78, 5) is 16.5. The van der Waals surface area contributed by atoms with E-state index in [9.17, 15) is 0 Å². The molecule has 4 heterocycles. The van der Waals surface area contributed by atoms with Gasteiger partial charge in [0.25, 0.3) is 0 Å². The van der Waals surface area contributed by atoms with Crippen LogP contribution in [0.25, 0.3) is 108 Å². The van der Waals surface area contributed by atoms with Gasteiger partial charge in [0, 0.05) is 43.6 Å². The number of rotatable bonds is 2. The van der Waals surface area contributed by atoms with Crippen LogP contribution in [-0.4, -0.2) is 15.0 Å². The number of hydrogen-bond donors (Lipinski definition) is 0. The van der Waals surface area contributed by atoms with Gasteiger partial charge in [-0.25, -0.2) is 15.0 Å². The minimum Gasteiger partial charge on any atom is -0.245 e. The van der Waals surface area contributed by atoms with Crippen LogP contribution in [0.3, 0.4) is 0 Å². The van der Waals surface area contributed by atoms with Crippen molar-refractivity contribution in [2.75, 3.05) is 0 Å². The van der Waals surface area contributed by atoms with E-state index in [1.165, 1.54) is 53.2 Å². The van der Waals surface area contributed by atoms with Crippen molar-refractivity contribution in [1.29, 1.82) is 0 Å². The van der Waals surface area contributed by atoms with E-state index in [-0.39, 0.29) is 0 Å². The number of fused-ring (bicyclic) bond motifs is 13. The van der Waals surface area contributed by atoms with Crippen LogP contribution < -0.4 is 0 Å². The van der Waals surface area contributed by atoms with Gasteiger partial charge in [-0.1, -0.05) is 109 Å². The van der Waals surface area contributed by atoms with E-state index in [0.29, 0.717) is 0 Å². The summed E-state index contributed by atoms with van der Waals surface area (Å²) in [5, 5.41) is 14.7. The maximum absolute atomic E-state index is 5.26. The molecule has 7 aromatic carbocycles. The normalized spacial score (nSPS) is 12.1. The number of benzene rings is 7. The zero-order valence-electron chi connectivity index (χ0n) is 26.2. The van der Waals surface area contributed by atoms with Crippen LogP contribution in [-0.2, 0) is 0 Å². The average molecular weight is 640 g/mol. The Hall–Kier alpha value is -6.23. The zero-order valence-corrected chi connectivity index (χ0v) is 27.0. The first kappa shape index (κ1) is 26.8. The lowest BCUT2D eigenvalue weighted by atomic mass is 9.93. The third-order valence-corrected chi connectivity index (χ3v) is 11.1. The smallest absolute Gasteiger partial charge is 0.124 e. The fourth-order valence-corrected chi connectivity index (χ4v) is 8.68. The molecule has 11 aromatic rings. The number of thiophene rings is 1. The second-order valence-corrected chi connectivity index (χ2v) is 13.9. The molecule has 0 N–H and O–H groups in total. The van der Waals surface area contributed by atoms with Crippen LogP contribution in [0.1, 0.15) is 0 Å². The first-order valence-electron chi connectivity index (χ1n) is 16.5. The minimum absolute atomic E-state index is 0.892. The van der Waals surface area contributed by atoms with Gasteiger partial charge in [0.15, 0.2) is 0 Å². The summed E-state index contributed by atoms with van der Waals surface area (Å²) < 4.78 is 1.25. The Labute approximate surface area is 284 Å². The van der Waals surface area contributed by atoms with Gasteiger partial charge in [-0.2, -0.15) is 0 Å². The van der Waals surface area contributed by atoms with Gasteiger partial charge < -0.3 is 0 Å². The lowest BCUT2D eigenvalue weighted by Crippen LogP contribution is -1.91. The number of hydrogen-bond acceptors (Lipinski definition) is 4. The third kappa shape index (κ3) is 4.05. The van der Waals surface area contributed by atoms with Gasteiger partial charge in [-0.05, 0) is 79.5 Å². The van der Waals surface area contributed by atoms with Crippen LogP contribution in [0, 0.1) is 0 Å². The Bertz CT molecular complexity index is 3180. The highest BCUT2D eigenvalue weighted by molar-refractivity contribution is 7.25. The predicted molar refractivity (Wildman–Crippen MR) is 209 cm³/mol. The lowest BCUT2D eigenvalue weighted by Gasteiger charge is -2.10. The van der Waals surface area contributed by atoms with Crippen molar-refractivity contribution < 1.29 is 0 Å². The van der Waals surface area contributed by atoms with Crippen molar-refractivity contribution in [2.24, 2.45) is 0 Å². The molecule has 0 radical (unpaired) electrons. The molecule has 0 fully saturated rings. The molecule has 0 amide bonds. The van der Waals surface area contributed by atoms with Gasteiger partial charge >= 0.3 is 0 Å². The summed E-state index contributed by atoms with van der Waals surface area (Å²) in [7, 11) is 0. The lowest BCUT2D eigenvalue weighted by molar-refractivity contribution is 1.35. The molecular formula is C45H25N3S. The van der Waals surface area contributed by atoms with Gasteiger partial charge in [0.2, 0.25) is 0 Å². The van der Waals surface area contributed by atoms with Crippen molar-refractivity contribution in [2.45, 2.75) is 0 Å². The van der Waals surface area contributed by atoms with Crippen LogP contribution in [0.4, 0.5) is 0 Å². The van der Waals surface area contributed by atoms with Crippen molar-refractivity contribution in [1.82, 2.24) is 15.0 Å². The molecule has 49 heavy (non-hydrogen) atoms. The van der Waals surface area contributed by atoms with Crippen molar-refractivity contribution >= 4 is 96.5 Å². The molecule has 0 saturated heterocycles. The quantitative estimate of drug-likeness (QED) is 0.177. The van der Waals surface area contributed by atoms with Crippen LogP contribution in [0.2, 0.25) is 0 Å². The molecule has 0 aliphatic rings. The first-order valence-corrected chi connectivity index (χ1v) is 17.3. The molecule has 226 valence electrons. The molecule has 4 aromatic heterocycles. The molecule has 0 bridgehead atoms. The van der Waals surface area contributed by atoms with E-state index >= 15 is 0 Å². The maximum Gasteiger partial charge on any atom is 0.124 e. The highest BCUT2D eigenvalue weighted by atomic mass is 32.1. The molecule has 0 aliphatic carbocycles. The molecule has 11 rings (SSSR count). The molecule has 0 aliphatic heterocycles. The van der Waals surface area contributed by atoms with E-state index in [1.54, 1.807) is 11.3 Å². The summed E-state index contributed by atoms with van der Waals surface area (Å²) in [6.45, 7) is 0. The molecule has 0 saturated carbocycles. The Morgan fingerprint density at radius 1 is 0.367 bits per heavy atom. The Kier molecular flexibility index (Phi) is 5.54. The van der Waals surface area contributed by atoms with Gasteiger partial charge in [-0.3, -0.25) is 0 Å². The first-order chi connectivity index (χ1) is 24.2. The van der Waals surface area contributed by atoms with E-state index in [1.807, 2.05) is 6.20 Å². The van der Waals surface area contributed by atoms with E-state index in [2.05, 4.69) is 146 Å². The summed E-state index contributed by atoms with van der Waals surface area (Å²) >= 11 is 1.76. The molecule has 4 heteroatoms. The van der Waals surface area contributed by atoms with Gasteiger partial charge in [-0.15, -0.1) is 11.3 Å². The molecule has 0 unspecified atom stereocenters. The Balaban J connectivity index is 1.09. The SMILES string of the molecule is c1ccc2cc(-c3ccc4ccc5ccc(-c6cnc7sc8cc9c%10ccccc%10c%10ccccc%10c9cc8c7c6)nc5c4n3)ccc2c1. The van der Waals surface area contributed by atoms with Crippen molar-refractivity contribution in [3.8, 4) is 22.5 Å². The van der Waals surface area contributed by atoms with Crippen molar-refractivity contribution in [3.63, 3.8) is 0 Å². The molecule has 0 atom stereocenters. The number of aromatic nitrogens is 3. The van der Waals surface area contributed by atoms with Gasteiger partial charge in [0.05, 0.1) is 22.4 Å². The highest BCUT2D eigenvalue weighted by Gasteiger charge is 2.15. The van der Waals surface area contributed by atoms with E-state index in [0.717, 1.165) is 54.5 Å². The van der Waals surface area contributed by atoms with E-state index in [4.69, 9.17) is 15.0 Å². The Morgan fingerprint density at radius 2 is 0.918 bits per heavy atom. The maximum atomic E-state index is 5.26. The predicted octanol–water partition coefficient (Wildman–Crippen LogP) is 12.5. The number of pyridine rings is 3. The standard InChI is InChI=1S/C45H25N3S/c1-2-8-29-21-30(16-13-26(29)7-1)40-19-17-27-14-15-28-18-20-41(48-44(28)43(27)47-40)31-22-39-38-23-36-34-11-5-3-9-32(34)33-10-4-6-12-35(33)37(36)24-42(38)49-45(39)46-25-31/h1-25H. The Morgan fingerprint density at radius 3 is 1.61 bits per heavy atom. The average Bonchev–Trinajstić information content (AvgIpc) is 3.53. The van der Waals surface area contributed by atoms with Crippen LogP contribution in [0.15, 0.2) is 152 Å². The fourth-order valence-electron chi connectivity index (χ4n) is 7.63. The summed E-state index contributed by atoms with van der Waals surface area (Å²) in [5.41, 5.74) is 5.74. The topological polar surface area (TPSA) is 38.7 Å². The molecular weight excluding hydrogens is 615 g/mol. The third-order valence-electron chi connectivity index (χ3n) is 10.1. The van der Waals surface area contributed by atoms with Gasteiger partial charge in [0.1, 0.15) is 4.83 Å². The largest absolute Gasteiger partial charge is 0.245 e. The fraction of sp³-hybridized carbons (Fsp3) is 0. The van der Waals surface area contributed by atoms with Crippen LogP contribution in [0.5, 0.6) is 0 Å². The molecule has 0 spiro atoms. The second kappa shape index (κ2) is 10.1. The van der Waals surface area contributed by atoms with E-state index < -0.39 is 0 Å². The minimum atomic E-state index is 0.892. The zero-order chi connectivity index (χ0) is 32.1. The highest BCUT2D eigenvalue weighted by Crippen LogP contribution is 2.42. The summed E-state index contributed by atoms with van der Waals surface area (Å²) in [6.07, 6.45) is 1.97. The second-order valence-electron chi connectivity index (χ2n) is 12.8. The monoisotopic (exact) mass is 639 g/mol.